The standard InChI is InChI=1S/C12H22N4O/c1-5-14-11-7-13-8-12(15-11)16(6-2)10(3)9-17-4/h7-8,10H,5-6,9H2,1-4H3,(H,14,15). The molecular weight excluding hydrogens is 216 g/mol. The summed E-state index contributed by atoms with van der Waals surface area (Å²) in [6, 6.07) is 0.288. The van der Waals surface area contributed by atoms with Crippen LogP contribution in [0.25, 0.3) is 0 Å². The number of rotatable bonds is 7. The highest BCUT2D eigenvalue weighted by molar-refractivity contribution is 5.44. The first-order chi connectivity index (χ1) is 8.22. The number of anilines is 2. The van der Waals surface area contributed by atoms with Crippen LogP contribution in [0.2, 0.25) is 0 Å². The van der Waals surface area contributed by atoms with Crippen molar-refractivity contribution in [3.63, 3.8) is 0 Å². The molecule has 5 heteroatoms. The highest BCUT2D eigenvalue weighted by atomic mass is 16.5. The van der Waals surface area contributed by atoms with Crippen LogP contribution in [0.5, 0.6) is 0 Å². The summed E-state index contributed by atoms with van der Waals surface area (Å²) >= 11 is 0. The molecule has 1 atom stereocenters. The molecular formula is C12H22N4O. The van der Waals surface area contributed by atoms with E-state index in [2.05, 4.69) is 34.0 Å². The maximum Gasteiger partial charge on any atom is 0.149 e. The Hall–Kier alpha value is -1.36. The van der Waals surface area contributed by atoms with Gasteiger partial charge in [-0.15, -0.1) is 0 Å². The normalized spacial score (nSPS) is 12.2. The number of nitrogens with zero attached hydrogens (tertiary/aromatic N) is 3. The molecule has 0 aromatic carbocycles. The van der Waals surface area contributed by atoms with Crippen LogP contribution >= 0.6 is 0 Å². The molecule has 1 aromatic heterocycles. The Morgan fingerprint density at radius 2 is 2.18 bits per heavy atom. The molecule has 0 spiro atoms. The predicted octanol–water partition coefficient (Wildman–Crippen LogP) is 1.77. The van der Waals surface area contributed by atoms with Crippen molar-refractivity contribution in [3.05, 3.63) is 12.4 Å². The maximum atomic E-state index is 5.18. The van der Waals surface area contributed by atoms with Gasteiger partial charge in [0.2, 0.25) is 0 Å². The molecule has 1 heterocycles. The van der Waals surface area contributed by atoms with E-state index in [0.29, 0.717) is 6.61 Å². The monoisotopic (exact) mass is 238 g/mol. The topological polar surface area (TPSA) is 50.3 Å². The van der Waals surface area contributed by atoms with Crippen molar-refractivity contribution >= 4 is 11.6 Å². The summed E-state index contributed by atoms with van der Waals surface area (Å²) in [5, 5.41) is 3.17. The Kier molecular flexibility index (Phi) is 5.69. The largest absolute Gasteiger partial charge is 0.383 e. The lowest BCUT2D eigenvalue weighted by Gasteiger charge is -2.28. The average Bonchev–Trinajstić information content (AvgIpc) is 2.31. The highest BCUT2D eigenvalue weighted by Crippen LogP contribution is 2.15. The fourth-order valence-electron chi connectivity index (χ4n) is 1.79. The Morgan fingerprint density at radius 3 is 2.76 bits per heavy atom. The first-order valence-electron chi connectivity index (χ1n) is 6.04. The fourth-order valence-corrected chi connectivity index (χ4v) is 1.79. The zero-order valence-electron chi connectivity index (χ0n) is 11.1. The third kappa shape index (κ3) is 3.85. The molecule has 1 rings (SSSR count). The number of hydrogen-bond donors (Lipinski definition) is 1. The lowest BCUT2D eigenvalue weighted by molar-refractivity contribution is 0.181. The van der Waals surface area contributed by atoms with E-state index >= 15 is 0 Å². The summed E-state index contributed by atoms with van der Waals surface area (Å²) < 4.78 is 5.18. The van der Waals surface area contributed by atoms with Gasteiger partial charge in [0.05, 0.1) is 25.0 Å². The first kappa shape index (κ1) is 13.7. The third-order valence-electron chi connectivity index (χ3n) is 2.55. The summed E-state index contributed by atoms with van der Waals surface area (Å²) in [6.45, 7) is 8.68. The van der Waals surface area contributed by atoms with Crippen molar-refractivity contribution in [2.75, 3.05) is 37.0 Å². The van der Waals surface area contributed by atoms with E-state index < -0.39 is 0 Å². The van der Waals surface area contributed by atoms with E-state index in [1.54, 1.807) is 19.5 Å². The third-order valence-corrected chi connectivity index (χ3v) is 2.55. The van der Waals surface area contributed by atoms with Gasteiger partial charge < -0.3 is 15.0 Å². The minimum absolute atomic E-state index is 0.288. The second-order valence-electron chi connectivity index (χ2n) is 3.88. The summed E-state index contributed by atoms with van der Waals surface area (Å²) in [6.07, 6.45) is 3.53. The van der Waals surface area contributed by atoms with Crippen molar-refractivity contribution in [1.82, 2.24) is 9.97 Å². The lowest BCUT2D eigenvalue weighted by Crippen LogP contribution is -2.36. The van der Waals surface area contributed by atoms with Crippen molar-refractivity contribution < 1.29 is 4.74 Å². The van der Waals surface area contributed by atoms with Crippen LogP contribution in [0.1, 0.15) is 20.8 Å². The van der Waals surface area contributed by atoms with Gasteiger partial charge in [-0.1, -0.05) is 0 Å². The van der Waals surface area contributed by atoms with E-state index in [1.165, 1.54) is 0 Å². The van der Waals surface area contributed by atoms with Gasteiger partial charge in [0.15, 0.2) is 0 Å². The molecule has 0 amide bonds. The number of ether oxygens (including phenoxy) is 1. The molecule has 0 saturated carbocycles. The summed E-state index contributed by atoms with van der Waals surface area (Å²) in [4.78, 5) is 10.9. The molecule has 96 valence electrons. The van der Waals surface area contributed by atoms with Gasteiger partial charge in [0.25, 0.3) is 0 Å². The smallest absolute Gasteiger partial charge is 0.149 e. The van der Waals surface area contributed by atoms with Crippen molar-refractivity contribution in [2.45, 2.75) is 26.8 Å². The molecule has 1 N–H and O–H groups in total. The van der Waals surface area contributed by atoms with Crippen LogP contribution in [0.3, 0.4) is 0 Å². The second-order valence-corrected chi connectivity index (χ2v) is 3.88. The van der Waals surface area contributed by atoms with Crippen molar-refractivity contribution in [2.24, 2.45) is 0 Å². The first-order valence-corrected chi connectivity index (χ1v) is 6.04. The van der Waals surface area contributed by atoms with Gasteiger partial charge >= 0.3 is 0 Å². The van der Waals surface area contributed by atoms with E-state index in [1.807, 2.05) is 6.92 Å². The van der Waals surface area contributed by atoms with Crippen LogP contribution < -0.4 is 10.2 Å². The van der Waals surface area contributed by atoms with Crippen LogP contribution in [0, 0.1) is 0 Å². The fraction of sp³-hybridized carbons (Fsp3) is 0.667. The molecule has 1 unspecified atom stereocenters. The van der Waals surface area contributed by atoms with Gasteiger partial charge in [-0.25, -0.2) is 4.98 Å². The van der Waals surface area contributed by atoms with Crippen LogP contribution in [0.15, 0.2) is 12.4 Å². The molecule has 0 aliphatic carbocycles. The minimum atomic E-state index is 0.288. The zero-order chi connectivity index (χ0) is 12.7. The van der Waals surface area contributed by atoms with E-state index in [4.69, 9.17) is 4.74 Å². The molecule has 1 aromatic rings. The SMILES string of the molecule is CCNc1cncc(N(CC)C(C)COC)n1. The van der Waals surface area contributed by atoms with Crippen LogP contribution in [-0.2, 0) is 4.74 Å². The number of nitrogens with one attached hydrogen (secondary N) is 1. The van der Waals surface area contributed by atoms with Crippen molar-refractivity contribution in [1.29, 1.82) is 0 Å². The van der Waals surface area contributed by atoms with E-state index in [9.17, 15) is 0 Å². The number of hydrogen-bond acceptors (Lipinski definition) is 5. The Bertz CT molecular complexity index is 332. The highest BCUT2D eigenvalue weighted by Gasteiger charge is 2.14. The Balaban J connectivity index is 2.83. The summed E-state index contributed by atoms with van der Waals surface area (Å²) in [7, 11) is 1.71. The Morgan fingerprint density at radius 1 is 1.41 bits per heavy atom. The van der Waals surface area contributed by atoms with Gasteiger partial charge in [0, 0.05) is 20.2 Å². The predicted molar refractivity (Wildman–Crippen MR) is 70.6 cm³/mol. The van der Waals surface area contributed by atoms with Crippen LogP contribution in [0.4, 0.5) is 11.6 Å². The van der Waals surface area contributed by atoms with Crippen molar-refractivity contribution in [3.8, 4) is 0 Å². The molecule has 0 aliphatic rings. The summed E-state index contributed by atoms with van der Waals surface area (Å²) in [5.41, 5.74) is 0. The number of likely N-dealkylation sites (N-methyl/N-ethyl adjacent to an activating group) is 1. The number of methoxy groups -OCH3 is 1. The van der Waals surface area contributed by atoms with Gasteiger partial charge in [-0.2, -0.15) is 0 Å². The molecule has 0 bridgehead atoms. The average molecular weight is 238 g/mol. The van der Waals surface area contributed by atoms with Gasteiger partial charge in [0.1, 0.15) is 11.6 Å². The minimum Gasteiger partial charge on any atom is -0.383 e. The molecule has 17 heavy (non-hydrogen) atoms. The Labute approximate surface area is 103 Å². The molecule has 0 aliphatic heterocycles. The van der Waals surface area contributed by atoms with E-state index in [0.717, 1.165) is 24.7 Å². The molecule has 5 nitrogen and oxygen atoms in total. The maximum absolute atomic E-state index is 5.18. The summed E-state index contributed by atoms with van der Waals surface area (Å²) in [5.74, 6) is 1.70. The zero-order valence-corrected chi connectivity index (χ0v) is 11.1. The lowest BCUT2D eigenvalue weighted by atomic mass is 10.3. The molecule has 0 saturated heterocycles. The van der Waals surface area contributed by atoms with Crippen LogP contribution in [-0.4, -0.2) is 42.8 Å². The number of aromatic nitrogens is 2. The van der Waals surface area contributed by atoms with E-state index in [-0.39, 0.29) is 6.04 Å². The second kappa shape index (κ2) is 7.06. The quantitative estimate of drug-likeness (QED) is 0.784. The molecule has 0 radical (unpaired) electrons. The van der Waals surface area contributed by atoms with Gasteiger partial charge in [-0.05, 0) is 20.8 Å². The van der Waals surface area contributed by atoms with Gasteiger partial charge in [-0.3, -0.25) is 4.98 Å². The molecule has 0 fully saturated rings.